The Bertz CT molecular complexity index is 1700. The average molecular weight is 593 g/mol. The number of amides is 1. The quantitative estimate of drug-likeness (QED) is 0.324. The summed E-state index contributed by atoms with van der Waals surface area (Å²) in [5.74, 6) is 0.444. The summed E-state index contributed by atoms with van der Waals surface area (Å²) in [6, 6.07) is 0.925. The van der Waals surface area contributed by atoms with Crippen LogP contribution in [-0.4, -0.2) is 57.3 Å². The highest BCUT2D eigenvalue weighted by Crippen LogP contribution is 2.52. The lowest BCUT2D eigenvalue weighted by molar-refractivity contribution is -0.137. The van der Waals surface area contributed by atoms with E-state index in [2.05, 4.69) is 16.5 Å². The molecule has 0 spiro atoms. The van der Waals surface area contributed by atoms with Crippen molar-refractivity contribution in [3.05, 3.63) is 40.1 Å². The van der Waals surface area contributed by atoms with E-state index >= 15 is 0 Å². The van der Waals surface area contributed by atoms with Crippen molar-refractivity contribution in [2.75, 3.05) is 42.6 Å². The Hall–Kier alpha value is -3.10. The molecule has 2 aliphatic rings. The van der Waals surface area contributed by atoms with Gasteiger partial charge in [-0.1, -0.05) is 24.8 Å². The zero-order valence-corrected chi connectivity index (χ0v) is 23.2. The first kappa shape index (κ1) is 26.1. The van der Waals surface area contributed by atoms with E-state index in [1.807, 2.05) is 6.92 Å². The topological polar surface area (TPSA) is 97.4 Å². The van der Waals surface area contributed by atoms with Gasteiger partial charge in [-0.25, -0.2) is 9.78 Å². The van der Waals surface area contributed by atoms with Crippen LogP contribution in [-0.2, 0) is 11.0 Å². The van der Waals surface area contributed by atoms with Gasteiger partial charge < -0.3 is 15.5 Å². The highest BCUT2D eigenvalue weighted by atomic mass is 32.2. The number of alkyl halides is 3. The number of thiazole rings is 1. The number of anilines is 2. The second-order valence-corrected chi connectivity index (χ2v) is 12.5. The van der Waals surface area contributed by atoms with E-state index < -0.39 is 17.4 Å². The molecule has 1 unspecified atom stereocenters. The van der Waals surface area contributed by atoms with Crippen LogP contribution in [0.4, 0.5) is 24.1 Å². The Kier molecular flexibility index (Phi) is 6.38. The predicted octanol–water partition coefficient (Wildman–Crippen LogP) is 5.23. The smallest absolute Gasteiger partial charge is 0.375 e. The normalized spacial score (nSPS) is 17.8. The first-order chi connectivity index (χ1) is 18.6. The maximum atomic E-state index is 14.8. The monoisotopic (exact) mass is 592 g/mol. The largest absolute Gasteiger partial charge is 0.417 e. The molecule has 6 rings (SSSR count). The molecule has 39 heavy (non-hydrogen) atoms. The van der Waals surface area contributed by atoms with Gasteiger partial charge in [0.05, 0.1) is 11.1 Å². The molecule has 14 heteroatoms. The van der Waals surface area contributed by atoms with Crippen LogP contribution in [0.3, 0.4) is 0 Å². The molecule has 0 bridgehead atoms. The van der Waals surface area contributed by atoms with E-state index in [0.717, 1.165) is 10.1 Å². The number of thioether (sulfide) groups is 1. The summed E-state index contributed by atoms with van der Waals surface area (Å²) < 4.78 is 46.6. The van der Waals surface area contributed by atoms with Crippen LogP contribution < -0.4 is 16.3 Å². The standard InChI is InChI=1S/C25H23F3N6O2S3/c1-3-12-10-37-20-17(14-11-38-22-18(14)30-23(29)39-22)15(25(26,27)28)9-13-19(20)34(12)24(36)31-21(13)33-7-5-32(6-8-33)16(35)4-2/h4,9,11-12H,2-3,5-8,10H2,1H3,(H2,29,30). The fourth-order valence-electron chi connectivity index (χ4n) is 5.31. The summed E-state index contributed by atoms with van der Waals surface area (Å²) in [5.41, 5.74) is 5.90. The van der Waals surface area contributed by atoms with Crippen LogP contribution in [0.2, 0.25) is 0 Å². The highest BCUT2D eigenvalue weighted by molar-refractivity contribution is 7.99. The van der Waals surface area contributed by atoms with E-state index in [1.54, 1.807) is 19.7 Å². The first-order valence-corrected chi connectivity index (χ1v) is 14.9. The number of thiophene rings is 1. The molecule has 1 fully saturated rings. The summed E-state index contributed by atoms with van der Waals surface area (Å²) in [4.78, 5) is 38.0. The van der Waals surface area contributed by atoms with Crippen molar-refractivity contribution in [2.24, 2.45) is 0 Å². The molecule has 1 amide bonds. The molecule has 5 heterocycles. The molecule has 0 saturated carbocycles. The molecule has 2 N–H and O–H groups in total. The lowest BCUT2D eigenvalue weighted by atomic mass is 9.97. The zero-order valence-electron chi connectivity index (χ0n) is 20.7. The van der Waals surface area contributed by atoms with Crippen molar-refractivity contribution in [1.29, 1.82) is 0 Å². The Morgan fingerprint density at radius 3 is 2.67 bits per heavy atom. The lowest BCUT2D eigenvalue weighted by Crippen LogP contribution is -2.49. The number of nitrogens with zero attached hydrogens (tertiary/aromatic N) is 5. The van der Waals surface area contributed by atoms with Crippen LogP contribution in [0.15, 0.2) is 33.8 Å². The van der Waals surface area contributed by atoms with Gasteiger partial charge in [-0.05, 0) is 18.6 Å². The third kappa shape index (κ3) is 4.19. The number of benzene rings is 1. The molecule has 2 aliphatic heterocycles. The first-order valence-electron chi connectivity index (χ1n) is 12.3. The predicted molar refractivity (Wildman–Crippen MR) is 151 cm³/mol. The summed E-state index contributed by atoms with van der Waals surface area (Å²) in [6.07, 6.45) is -2.81. The molecular formula is C25H23F3N6O2S3. The molecule has 1 aromatic carbocycles. The number of carbonyl (C=O) groups excluding carboxylic acids is 1. The van der Waals surface area contributed by atoms with Gasteiger partial charge in [0.15, 0.2) is 5.13 Å². The minimum absolute atomic E-state index is 0.0257. The SMILES string of the molecule is C=CC(=O)N1CCN(c2nc(=O)n3c4c(c(-c5csc6sc(N)nc56)c(C(F)(F)F)cc24)SCC3CC)CC1. The molecule has 204 valence electrons. The highest BCUT2D eigenvalue weighted by Gasteiger charge is 2.40. The van der Waals surface area contributed by atoms with Crippen LogP contribution in [0.5, 0.6) is 0 Å². The van der Waals surface area contributed by atoms with E-state index in [9.17, 15) is 22.8 Å². The van der Waals surface area contributed by atoms with Gasteiger partial charge in [-0.3, -0.25) is 9.36 Å². The van der Waals surface area contributed by atoms with Crippen molar-refractivity contribution in [1.82, 2.24) is 19.4 Å². The lowest BCUT2D eigenvalue weighted by Gasteiger charge is -2.36. The van der Waals surface area contributed by atoms with Crippen LogP contribution in [0, 0.1) is 0 Å². The summed E-state index contributed by atoms with van der Waals surface area (Å²) in [6.45, 7) is 6.82. The van der Waals surface area contributed by atoms with E-state index in [-0.39, 0.29) is 33.8 Å². The number of aromatic nitrogens is 3. The van der Waals surface area contributed by atoms with Crippen molar-refractivity contribution in [3.8, 4) is 11.1 Å². The molecule has 8 nitrogen and oxygen atoms in total. The number of hydrogen-bond donors (Lipinski definition) is 1. The Morgan fingerprint density at radius 1 is 1.26 bits per heavy atom. The zero-order chi connectivity index (χ0) is 27.6. The van der Waals surface area contributed by atoms with Gasteiger partial charge in [0, 0.05) is 64.8 Å². The molecule has 4 aromatic rings. The van der Waals surface area contributed by atoms with Gasteiger partial charge in [-0.2, -0.15) is 18.2 Å². The van der Waals surface area contributed by atoms with E-state index in [0.29, 0.717) is 59.8 Å². The van der Waals surface area contributed by atoms with Gasteiger partial charge in [0.25, 0.3) is 0 Å². The molecule has 1 saturated heterocycles. The van der Waals surface area contributed by atoms with Crippen molar-refractivity contribution < 1.29 is 18.0 Å². The molecule has 0 radical (unpaired) electrons. The van der Waals surface area contributed by atoms with Crippen molar-refractivity contribution >= 4 is 71.7 Å². The third-order valence-corrected chi connectivity index (χ3v) is 10.4. The fraction of sp³-hybridized carbons (Fsp3) is 0.360. The minimum atomic E-state index is -4.68. The number of nitrogen functional groups attached to an aromatic ring is 1. The molecular weight excluding hydrogens is 570 g/mol. The average Bonchev–Trinajstić information content (AvgIpc) is 3.48. The Labute approximate surface area is 232 Å². The minimum Gasteiger partial charge on any atom is -0.375 e. The van der Waals surface area contributed by atoms with E-state index in [4.69, 9.17) is 5.73 Å². The maximum absolute atomic E-state index is 14.8. The van der Waals surface area contributed by atoms with Crippen LogP contribution in [0.1, 0.15) is 24.9 Å². The van der Waals surface area contributed by atoms with Crippen LogP contribution in [0.25, 0.3) is 31.6 Å². The fourth-order valence-corrected chi connectivity index (χ4v) is 8.66. The van der Waals surface area contributed by atoms with Crippen molar-refractivity contribution in [2.45, 2.75) is 30.5 Å². The number of halogens is 3. The maximum Gasteiger partial charge on any atom is 0.417 e. The summed E-state index contributed by atoms with van der Waals surface area (Å²) in [5, 5.41) is 2.25. The van der Waals surface area contributed by atoms with Crippen molar-refractivity contribution in [3.63, 3.8) is 0 Å². The number of piperazine rings is 1. The number of carbonyl (C=O) groups is 1. The third-order valence-electron chi connectivity index (χ3n) is 7.19. The van der Waals surface area contributed by atoms with E-state index in [1.165, 1.54) is 40.5 Å². The molecule has 3 aromatic heterocycles. The van der Waals surface area contributed by atoms with Crippen LogP contribution >= 0.6 is 34.4 Å². The molecule has 1 atom stereocenters. The number of fused-ring (bicyclic) bond motifs is 1. The number of rotatable bonds is 4. The number of hydrogen-bond acceptors (Lipinski definition) is 9. The van der Waals surface area contributed by atoms with Gasteiger partial charge >= 0.3 is 11.9 Å². The van der Waals surface area contributed by atoms with Gasteiger partial charge in [0.2, 0.25) is 5.91 Å². The molecule has 0 aliphatic carbocycles. The Morgan fingerprint density at radius 2 is 2.00 bits per heavy atom. The summed E-state index contributed by atoms with van der Waals surface area (Å²) in [7, 11) is 0. The Balaban J connectivity index is 1.64. The number of nitrogens with two attached hydrogens (primary N) is 1. The van der Waals surface area contributed by atoms with Gasteiger partial charge in [0.1, 0.15) is 15.3 Å². The second-order valence-electron chi connectivity index (χ2n) is 9.34. The summed E-state index contributed by atoms with van der Waals surface area (Å²) >= 11 is 3.88. The van der Waals surface area contributed by atoms with Gasteiger partial charge in [-0.15, -0.1) is 23.1 Å². The second kappa shape index (κ2) is 9.52.